The minimum Gasteiger partial charge on any atom is -0.465 e. The molecule has 24 heavy (non-hydrogen) atoms. The molecule has 0 bridgehead atoms. The Bertz CT molecular complexity index is 775. The average Bonchev–Trinajstić information content (AvgIpc) is 2.72. The second-order valence-corrected chi connectivity index (χ2v) is 7.03. The maximum Gasteiger partial charge on any atom is 0.494 e. The highest BCUT2D eigenvalue weighted by Crippen LogP contribution is 2.36. The van der Waals surface area contributed by atoms with E-state index in [1.54, 1.807) is 6.20 Å². The number of benzene rings is 1. The first kappa shape index (κ1) is 16.7. The van der Waals surface area contributed by atoms with Crippen LogP contribution in [0.15, 0.2) is 30.5 Å². The van der Waals surface area contributed by atoms with Crippen LogP contribution in [-0.4, -0.2) is 34.5 Å². The van der Waals surface area contributed by atoms with Crippen molar-refractivity contribution in [3.05, 3.63) is 36.2 Å². The molecule has 0 aliphatic carbocycles. The lowest BCUT2D eigenvalue weighted by atomic mass is 9.78. The van der Waals surface area contributed by atoms with Crippen LogP contribution in [0.4, 0.5) is 4.79 Å². The van der Waals surface area contributed by atoms with E-state index in [0.29, 0.717) is 5.69 Å². The number of amides is 1. The van der Waals surface area contributed by atoms with Crippen molar-refractivity contribution in [2.24, 2.45) is 0 Å². The molecule has 1 amide bonds. The van der Waals surface area contributed by atoms with Crippen LogP contribution in [-0.2, 0) is 15.9 Å². The second kappa shape index (κ2) is 5.75. The Kier molecular flexibility index (Phi) is 4.01. The third-order valence-electron chi connectivity index (χ3n) is 4.75. The summed E-state index contributed by atoms with van der Waals surface area (Å²) in [6, 6.07) is 7.82. The van der Waals surface area contributed by atoms with Crippen molar-refractivity contribution in [3.8, 4) is 0 Å². The predicted octanol–water partition coefficient (Wildman–Crippen LogP) is 2.30. The fourth-order valence-electron chi connectivity index (χ4n) is 2.59. The van der Waals surface area contributed by atoms with Crippen molar-refractivity contribution in [1.29, 1.82) is 0 Å². The summed E-state index contributed by atoms with van der Waals surface area (Å²) in [4.78, 5) is 14.9. The van der Waals surface area contributed by atoms with E-state index in [0.717, 1.165) is 16.2 Å². The maximum absolute atomic E-state index is 10.6. The van der Waals surface area contributed by atoms with Gasteiger partial charge in [-0.05, 0) is 50.0 Å². The van der Waals surface area contributed by atoms with Gasteiger partial charge in [-0.1, -0.05) is 18.2 Å². The van der Waals surface area contributed by atoms with Gasteiger partial charge in [-0.25, -0.2) is 4.79 Å². The number of pyridine rings is 1. The number of aromatic nitrogens is 1. The van der Waals surface area contributed by atoms with E-state index < -0.39 is 13.2 Å². The van der Waals surface area contributed by atoms with Crippen LogP contribution in [0.2, 0.25) is 0 Å². The fourth-order valence-corrected chi connectivity index (χ4v) is 2.59. The molecule has 2 aromatic rings. The van der Waals surface area contributed by atoms with Crippen LogP contribution in [0.1, 0.15) is 33.4 Å². The highest BCUT2D eigenvalue weighted by molar-refractivity contribution is 6.62. The van der Waals surface area contributed by atoms with Gasteiger partial charge in [0.05, 0.1) is 23.4 Å². The third kappa shape index (κ3) is 3.09. The number of hydrogen-bond donors (Lipinski definition) is 2. The van der Waals surface area contributed by atoms with Crippen LogP contribution in [0.3, 0.4) is 0 Å². The number of carboxylic acid groups (broad SMARTS) is 1. The summed E-state index contributed by atoms with van der Waals surface area (Å²) >= 11 is 0. The van der Waals surface area contributed by atoms with E-state index in [2.05, 4.69) is 10.3 Å². The summed E-state index contributed by atoms with van der Waals surface area (Å²) in [6.07, 6.45) is 0.672. The van der Waals surface area contributed by atoms with Crippen molar-refractivity contribution in [2.75, 3.05) is 0 Å². The van der Waals surface area contributed by atoms with Gasteiger partial charge in [-0.2, -0.15) is 0 Å². The molecule has 2 heterocycles. The first-order chi connectivity index (χ1) is 11.2. The minimum atomic E-state index is -1.07. The lowest BCUT2D eigenvalue weighted by Gasteiger charge is -2.32. The quantitative estimate of drug-likeness (QED) is 0.845. The van der Waals surface area contributed by atoms with Crippen molar-refractivity contribution in [2.45, 2.75) is 45.4 Å². The number of nitrogens with zero attached hydrogens (tertiary/aromatic N) is 1. The maximum atomic E-state index is 10.6. The topological polar surface area (TPSA) is 80.7 Å². The largest absolute Gasteiger partial charge is 0.494 e. The Labute approximate surface area is 141 Å². The molecule has 7 heteroatoms. The van der Waals surface area contributed by atoms with E-state index in [1.165, 1.54) is 0 Å². The van der Waals surface area contributed by atoms with E-state index in [-0.39, 0.29) is 17.7 Å². The van der Waals surface area contributed by atoms with Crippen LogP contribution in [0.25, 0.3) is 10.8 Å². The van der Waals surface area contributed by atoms with E-state index in [9.17, 15) is 4.79 Å². The van der Waals surface area contributed by atoms with E-state index >= 15 is 0 Å². The molecule has 1 aliphatic rings. The Balaban J connectivity index is 1.89. The zero-order valence-electron chi connectivity index (χ0n) is 14.3. The van der Waals surface area contributed by atoms with Gasteiger partial charge >= 0.3 is 13.2 Å². The summed E-state index contributed by atoms with van der Waals surface area (Å²) in [7, 11) is -0.423. The first-order valence-corrected chi connectivity index (χ1v) is 7.89. The first-order valence-electron chi connectivity index (χ1n) is 7.89. The number of fused-ring (bicyclic) bond motifs is 1. The molecular weight excluding hydrogens is 307 g/mol. The lowest BCUT2D eigenvalue weighted by Crippen LogP contribution is -2.41. The van der Waals surface area contributed by atoms with Crippen LogP contribution < -0.4 is 10.8 Å². The summed E-state index contributed by atoms with van der Waals surface area (Å²) in [5.41, 5.74) is 0.823. The van der Waals surface area contributed by atoms with Gasteiger partial charge in [0.1, 0.15) is 0 Å². The van der Waals surface area contributed by atoms with Gasteiger partial charge < -0.3 is 19.7 Å². The Morgan fingerprint density at radius 3 is 2.46 bits per heavy atom. The summed E-state index contributed by atoms with van der Waals surface area (Å²) in [5, 5.41) is 13.0. The Morgan fingerprint density at radius 2 is 1.83 bits per heavy atom. The molecule has 1 aromatic carbocycles. The van der Waals surface area contributed by atoms with Crippen molar-refractivity contribution >= 4 is 29.4 Å². The van der Waals surface area contributed by atoms with Gasteiger partial charge in [0.2, 0.25) is 0 Å². The summed E-state index contributed by atoms with van der Waals surface area (Å²) < 4.78 is 12.2. The molecule has 6 nitrogen and oxygen atoms in total. The molecule has 0 spiro atoms. The predicted molar refractivity (Wildman–Crippen MR) is 92.3 cm³/mol. The van der Waals surface area contributed by atoms with Crippen molar-refractivity contribution < 1.29 is 19.2 Å². The Hall–Kier alpha value is -2.12. The molecule has 126 valence electrons. The molecular formula is C17H21BN2O4. The number of rotatable bonds is 3. The van der Waals surface area contributed by atoms with Gasteiger partial charge in [0.25, 0.3) is 0 Å². The average molecular weight is 328 g/mol. The van der Waals surface area contributed by atoms with Crippen molar-refractivity contribution in [1.82, 2.24) is 10.3 Å². The van der Waals surface area contributed by atoms with Crippen LogP contribution >= 0.6 is 0 Å². The summed E-state index contributed by atoms with van der Waals surface area (Å²) in [6.45, 7) is 8.26. The smallest absolute Gasteiger partial charge is 0.465 e. The Morgan fingerprint density at radius 1 is 1.17 bits per heavy atom. The van der Waals surface area contributed by atoms with E-state index in [4.69, 9.17) is 14.4 Å². The SMILES string of the molecule is CC1(C)OB(c2ccc3cnc(CNC(=O)O)cc3c2)OC1(C)C. The third-order valence-corrected chi connectivity index (χ3v) is 4.75. The van der Waals surface area contributed by atoms with Gasteiger partial charge in [0.15, 0.2) is 0 Å². The van der Waals surface area contributed by atoms with Crippen LogP contribution in [0.5, 0.6) is 0 Å². The molecule has 0 radical (unpaired) electrons. The highest BCUT2D eigenvalue weighted by Gasteiger charge is 2.51. The lowest BCUT2D eigenvalue weighted by molar-refractivity contribution is 0.00578. The second-order valence-electron chi connectivity index (χ2n) is 7.03. The summed E-state index contributed by atoms with van der Waals surface area (Å²) in [5.74, 6) is 0. The van der Waals surface area contributed by atoms with Gasteiger partial charge in [-0.3, -0.25) is 4.98 Å². The van der Waals surface area contributed by atoms with E-state index in [1.807, 2.05) is 52.0 Å². The minimum absolute atomic E-state index is 0.173. The number of carbonyl (C=O) groups is 1. The molecule has 2 N–H and O–H groups in total. The standard InChI is InChI=1S/C17H21BN2O4/c1-16(2)17(3,4)24-18(23-16)13-6-5-11-9-19-14(8-12(11)7-13)10-20-15(21)22/h5-9,20H,10H2,1-4H3,(H,21,22). The zero-order chi connectivity index (χ0) is 17.5. The molecule has 1 saturated heterocycles. The molecule has 0 saturated carbocycles. The zero-order valence-corrected chi connectivity index (χ0v) is 14.3. The molecule has 1 fully saturated rings. The molecule has 1 aromatic heterocycles. The normalized spacial score (nSPS) is 18.8. The molecule has 3 rings (SSSR count). The number of nitrogens with one attached hydrogen (secondary N) is 1. The highest BCUT2D eigenvalue weighted by atomic mass is 16.7. The molecule has 0 atom stereocenters. The fraction of sp³-hybridized carbons (Fsp3) is 0.412. The number of hydrogen-bond acceptors (Lipinski definition) is 4. The molecule has 0 unspecified atom stereocenters. The van der Waals surface area contributed by atoms with Crippen molar-refractivity contribution in [3.63, 3.8) is 0 Å². The van der Waals surface area contributed by atoms with Crippen LogP contribution in [0, 0.1) is 0 Å². The van der Waals surface area contributed by atoms with Gasteiger partial charge in [0, 0.05) is 6.20 Å². The van der Waals surface area contributed by atoms with Gasteiger partial charge in [-0.15, -0.1) is 0 Å². The monoisotopic (exact) mass is 328 g/mol. The molecule has 1 aliphatic heterocycles.